The van der Waals surface area contributed by atoms with Gasteiger partial charge in [0, 0.05) is 23.2 Å². The van der Waals surface area contributed by atoms with E-state index < -0.39 is 5.91 Å². The van der Waals surface area contributed by atoms with Gasteiger partial charge in [-0.3, -0.25) is 9.78 Å². The Labute approximate surface area is 164 Å². The maximum Gasteiger partial charge on any atom is 0.252 e. The van der Waals surface area contributed by atoms with Gasteiger partial charge >= 0.3 is 0 Å². The van der Waals surface area contributed by atoms with Crippen LogP contribution < -0.4 is 5.73 Å². The van der Waals surface area contributed by atoms with Crippen molar-refractivity contribution in [2.24, 2.45) is 5.73 Å². The van der Waals surface area contributed by atoms with Crippen molar-refractivity contribution in [3.63, 3.8) is 0 Å². The molecule has 3 N–H and O–H groups in total. The molecule has 3 aromatic rings. The summed E-state index contributed by atoms with van der Waals surface area (Å²) in [5.74, 6) is 5.43. The highest BCUT2D eigenvalue weighted by atomic mass is 16.3. The van der Waals surface area contributed by atoms with Crippen LogP contribution in [0.4, 0.5) is 0 Å². The van der Waals surface area contributed by atoms with Gasteiger partial charge in [-0.15, -0.1) is 0 Å². The molecule has 0 atom stereocenters. The van der Waals surface area contributed by atoms with Gasteiger partial charge in [-0.25, -0.2) is 0 Å². The molecule has 0 radical (unpaired) electrons. The number of carbonyl (C=O) groups excluding carboxylic acids is 1. The molecule has 0 aliphatic rings. The van der Waals surface area contributed by atoms with Crippen molar-refractivity contribution in [3.8, 4) is 28.8 Å². The second-order valence-corrected chi connectivity index (χ2v) is 6.72. The Morgan fingerprint density at radius 1 is 1.07 bits per heavy atom. The molecule has 0 aliphatic carbocycles. The number of carbonyl (C=O) groups is 1. The van der Waals surface area contributed by atoms with Crippen molar-refractivity contribution in [3.05, 3.63) is 83.0 Å². The van der Waals surface area contributed by atoms with Gasteiger partial charge in [-0.05, 0) is 50.0 Å². The third kappa shape index (κ3) is 4.76. The molecule has 140 valence electrons. The van der Waals surface area contributed by atoms with Crippen LogP contribution in [0.25, 0.3) is 11.3 Å². The van der Waals surface area contributed by atoms with E-state index in [2.05, 4.69) is 33.9 Å². The lowest BCUT2D eigenvalue weighted by molar-refractivity contribution is 0.0997. The monoisotopic (exact) mass is 371 g/mol. The van der Waals surface area contributed by atoms with Crippen LogP contribution in [0.3, 0.4) is 0 Å². The fraction of sp³-hybridized carbons (Fsp3) is 0.130. The van der Waals surface area contributed by atoms with Gasteiger partial charge in [0.05, 0.1) is 17.5 Å². The number of rotatable bonds is 4. The van der Waals surface area contributed by atoms with Crippen LogP contribution >= 0.6 is 0 Å². The summed E-state index contributed by atoms with van der Waals surface area (Å²) in [4.78, 5) is 17.6. The zero-order valence-corrected chi connectivity index (χ0v) is 15.8. The Balaban J connectivity index is 1.80. The maximum absolute atomic E-state index is 11.4. The molecule has 0 aliphatic heterocycles. The number of aromatic hydroxyl groups is 1. The largest absolute Gasteiger partial charge is 0.505 e. The highest BCUT2D eigenvalue weighted by Crippen LogP contribution is 2.23. The molecule has 1 heterocycles. The van der Waals surface area contributed by atoms with Crippen LogP contribution in [0.5, 0.6) is 5.75 Å². The van der Waals surface area contributed by atoms with Gasteiger partial charge in [0.2, 0.25) is 0 Å². The Kier molecular flexibility index (Phi) is 5.73. The van der Waals surface area contributed by atoms with E-state index in [0.29, 0.717) is 5.69 Å². The summed E-state index contributed by atoms with van der Waals surface area (Å²) in [6, 6.07) is 17.2. The van der Waals surface area contributed by atoms with Gasteiger partial charge < -0.3 is 15.7 Å². The number of nitrogens with two attached hydrogens (primary N) is 1. The molecule has 0 bridgehead atoms. The minimum absolute atomic E-state index is 0.0477. The van der Waals surface area contributed by atoms with Crippen molar-refractivity contribution in [1.29, 1.82) is 0 Å². The summed E-state index contributed by atoms with van der Waals surface area (Å²) in [5, 5.41) is 9.66. The van der Waals surface area contributed by atoms with E-state index in [-0.39, 0.29) is 11.3 Å². The van der Waals surface area contributed by atoms with Gasteiger partial charge in [0.15, 0.2) is 0 Å². The van der Waals surface area contributed by atoms with Crippen LogP contribution in [0.15, 0.2) is 60.8 Å². The van der Waals surface area contributed by atoms with E-state index in [4.69, 9.17) is 5.73 Å². The quantitative estimate of drug-likeness (QED) is 0.691. The van der Waals surface area contributed by atoms with Crippen molar-refractivity contribution >= 4 is 5.91 Å². The Hall–Kier alpha value is -3.62. The van der Waals surface area contributed by atoms with Crippen molar-refractivity contribution in [2.45, 2.75) is 6.54 Å². The number of pyridine rings is 1. The molecule has 28 heavy (non-hydrogen) atoms. The normalized spacial score (nSPS) is 10.4. The Morgan fingerprint density at radius 3 is 2.46 bits per heavy atom. The highest BCUT2D eigenvalue weighted by Gasteiger charge is 2.10. The van der Waals surface area contributed by atoms with Crippen molar-refractivity contribution in [1.82, 2.24) is 9.88 Å². The summed E-state index contributed by atoms with van der Waals surface area (Å²) in [6.07, 6.45) is 1.23. The zero-order valence-electron chi connectivity index (χ0n) is 15.8. The molecule has 0 saturated carbocycles. The van der Waals surface area contributed by atoms with E-state index in [0.717, 1.165) is 23.2 Å². The van der Waals surface area contributed by atoms with Crippen molar-refractivity contribution < 1.29 is 9.90 Å². The molecule has 1 aromatic heterocycles. The highest BCUT2D eigenvalue weighted by molar-refractivity contribution is 5.96. The summed E-state index contributed by atoms with van der Waals surface area (Å²) in [5.41, 5.74) is 9.74. The second kappa shape index (κ2) is 8.38. The van der Waals surface area contributed by atoms with E-state index >= 15 is 0 Å². The first-order valence-electron chi connectivity index (χ1n) is 8.77. The fourth-order valence-electron chi connectivity index (χ4n) is 2.78. The fourth-order valence-corrected chi connectivity index (χ4v) is 2.78. The van der Waals surface area contributed by atoms with Crippen LogP contribution in [-0.4, -0.2) is 35.0 Å². The lowest BCUT2D eigenvalue weighted by Crippen LogP contribution is -2.11. The van der Waals surface area contributed by atoms with Crippen molar-refractivity contribution in [2.75, 3.05) is 14.1 Å². The number of benzene rings is 2. The summed E-state index contributed by atoms with van der Waals surface area (Å²) >= 11 is 0. The molecular formula is C23H21N3O2. The molecule has 0 unspecified atom stereocenters. The van der Waals surface area contributed by atoms with E-state index in [1.807, 2.05) is 50.5 Å². The molecule has 3 rings (SSSR count). The first-order chi connectivity index (χ1) is 13.4. The third-order valence-corrected chi connectivity index (χ3v) is 4.11. The minimum atomic E-state index is -0.694. The van der Waals surface area contributed by atoms with E-state index in [1.54, 1.807) is 0 Å². The predicted molar refractivity (Wildman–Crippen MR) is 110 cm³/mol. The average molecular weight is 371 g/mol. The van der Waals surface area contributed by atoms with Crippen LogP contribution in [0.1, 0.15) is 27.0 Å². The summed E-state index contributed by atoms with van der Waals surface area (Å²) in [6.45, 7) is 0.872. The number of primary amides is 1. The standard InChI is InChI=1S/C23H21N3O2/c1-26(2)15-18-5-3-4-17(12-18)7-6-16-8-10-19(11-9-16)21-13-20(23(24)28)22(27)14-25-21/h3-5,8-14,27H,15H2,1-2H3,(H2,24,28). The Bertz CT molecular complexity index is 1060. The number of aromatic nitrogens is 1. The first-order valence-corrected chi connectivity index (χ1v) is 8.77. The van der Waals surface area contributed by atoms with Gasteiger partial charge in [0.25, 0.3) is 5.91 Å². The lowest BCUT2D eigenvalue weighted by Gasteiger charge is -2.09. The lowest BCUT2D eigenvalue weighted by atomic mass is 10.1. The number of hydrogen-bond donors (Lipinski definition) is 2. The van der Waals surface area contributed by atoms with Gasteiger partial charge in [0.1, 0.15) is 5.75 Å². The molecule has 1 amide bonds. The predicted octanol–water partition coefficient (Wildman–Crippen LogP) is 3.01. The molecular weight excluding hydrogens is 350 g/mol. The summed E-state index contributed by atoms with van der Waals surface area (Å²) < 4.78 is 0. The number of hydrogen-bond acceptors (Lipinski definition) is 4. The third-order valence-electron chi connectivity index (χ3n) is 4.11. The summed E-state index contributed by atoms with van der Waals surface area (Å²) in [7, 11) is 4.07. The molecule has 5 nitrogen and oxygen atoms in total. The molecule has 0 saturated heterocycles. The average Bonchev–Trinajstić information content (AvgIpc) is 2.67. The topological polar surface area (TPSA) is 79.5 Å². The van der Waals surface area contributed by atoms with Crippen LogP contribution in [-0.2, 0) is 6.54 Å². The molecule has 0 spiro atoms. The minimum Gasteiger partial charge on any atom is -0.505 e. The smallest absolute Gasteiger partial charge is 0.252 e. The second-order valence-electron chi connectivity index (χ2n) is 6.72. The van der Waals surface area contributed by atoms with Crippen LogP contribution in [0.2, 0.25) is 0 Å². The SMILES string of the molecule is CN(C)Cc1cccc(C#Cc2ccc(-c3cc(C(N)=O)c(O)cn3)cc2)c1. The number of amides is 1. The molecule has 2 aromatic carbocycles. The first kappa shape index (κ1) is 19.2. The van der Waals surface area contributed by atoms with Gasteiger partial charge in [-0.2, -0.15) is 0 Å². The molecule has 5 heteroatoms. The Morgan fingerprint density at radius 2 is 1.79 bits per heavy atom. The van der Waals surface area contributed by atoms with Gasteiger partial charge in [-0.1, -0.05) is 36.1 Å². The molecule has 0 fully saturated rings. The van der Waals surface area contributed by atoms with E-state index in [9.17, 15) is 9.90 Å². The van der Waals surface area contributed by atoms with Crippen LogP contribution in [0, 0.1) is 11.8 Å². The van der Waals surface area contributed by atoms with E-state index in [1.165, 1.54) is 17.8 Å². The maximum atomic E-state index is 11.4. The zero-order chi connectivity index (χ0) is 20.1. The number of nitrogens with zero attached hydrogens (tertiary/aromatic N) is 2.